The highest BCUT2D eigenvalue weighted by Gasteiger charge is 2.27. The van der Waals surface area contributed by atoms with Crippen LogP contribution in [-0.4, -0.2) is 63.2 Å². The number of rotatable bonds is 5. The van der Waals surface area contributed by atoms with Crippen LogP contribution < -0.4 is 5.32 Å². The SMILES string of the molecule is O=C(Nc1cn[nH]c1-c1nc(-c2ccc(F)cc2)c(C(=O)N2CCOCC2)[nH]1)c1c(F)cccc1F. The second-order valence-corrected chi connectivity index (χ2v) is 7.93. The van der Waals surface area contributed by atoms with Crippen LogP contribution in [0.15, 0.2) is 48.7 Å². The van der Waals surface area contributed by atoms with Crippen LogP contribution in [0.5, 0.6) is 0 Å². The predicted octanol–water partition coefficient (Wildman–Crippen LogP) is 3.61. The van der Waals surface area contributed by atoms with Gasteiger partial charge in [-0.1, -0.05) is 6.07 Å². The third-order valence-corrected chi connectivity index (χ3v) is 5.65. The van der Waals surface area contributed by atoms with Gasteiger partial charge in [-0.15, -0.1) is 0 Å². The number of ether oxygens (including phenoxy) is 1. The zero-order chi connectivity index (χ0) is 25.2. The molecule has 0 atom stereocenters. The number of amides is 2. The Morgan fingerprint density at radius 2 is 1.69 bits per heavy atom. The number of morpholine rings is 1. The number of carbonyl (C=O) groups is 2. The van der Waals surface area contributed by atoms with Crippen LogP contribution >= 0.6 is 0 Å². The highest BCUT2D eigenvalue weighted by Crippen LogP contribution is 2.30. The van der Waals surface area contributed by atoms with Crippen LogP contribution in [0.2, 0.25) is 0 Å². The minimum atomic E-state index is -1.02. The van der Waals surface area contributed by atoms with E-state index in [9.17, 15) is 22.8 Å². The fourth-order valence-corrected chi connectivity index (χ4v) is 3.85. The Balaban J connectivity index is 1.52. The van der Waals surface area contributed by atoms with Gasteiger partial charge in [-0.05, 0) is 36.4 Å². The molecule has 1 saturated heterocycles. The molecule has 184 valence electrons. The first-order chi connectivity index (χ1) is 17.4. The van der Waals surface area contributed by atoms with Gasteiger partial charge in [0.2, 0.25) is 0 Å². The Kier molecular flexibility index (Phi) is 6.25. The molecule has 2 aromatic heterocycles. The molecule has 2 aromatic carbocycles. The average molecular weight is 496 g/mol. The van der Waals surface area contributed by atoms with Gasteiger partial charge in [-0.2, -0.15) is 5.10 Å². The first-order valence-electron chi connectivity index (χ1n) is 10.9. The molecule has 0 saturated carbocycles. The van der Waals surface area contributed by atoms with Gasteiger partial charge in [0.1, 0.15) is 40.1 Å². The first kappa shape index (κ1) is 23.3. The van der Waals surface area contributed by atoms with E-state index < -0.39 is 28.9 Å². The van der Waals surface area contributed by atoms with Gasteiger partial charge in [-0.3, -0.25) is 14.7 Å². The van der Waals surface area contributed by atoms with Gasteiger partial charge in [0.25, 0.3) is 11.8 Å². The maximum Gasteiger partial charge on any atom is 0.272 e. The lowest BCUT2D eigenvalue weighted by Crippen LogP contribution is -2.41. The largest absolute Gasteiger partial charge is 0.378 e. The average Bonchev–Trinajstić information content (AvgIpc) is 3.52. The predicted molar refractivity (Wildman–Crippen MR) is 123 cm³/mol. The van der Waals surface area contributed by atoms with Crippen molar-refractivity contribution in [2.45, 2.75) is 0 Å². The van der Waals surface area contributed by atoms with Crippen molar-refractivity contribution in [3.05, 3.63) is 77.4 Å². The van der Waals surface area contributed by atoms with Crippen LogP contribution in [0.3, 0.4) is 0 Å². The van der Waals surface area contributed by atoms with Crippen molar-refractivity contribution in [1.29, 1.82) is 0 Å². The van der Waals surface area contributed by atoms with Gasteiger partial charge in [0.05, 0.1) is 25.1 Å². The summed E-state index contributed by atoms with van der Waals surface area (Å²) in [4.78, 5) is 35.0. The van der Waals surface area contributed by atoms with E-state index in [1.165, 1.54) is 30.5 Å². The highest BCUT2D eigenvalue weighted by atomic mass is 19.1. The standard InChI is InChI=1S/C24H19F3N6O3/c25-14-6-4-13(5-7-14)19-21(24(35)33-8-10-36-11-9-33)31-22(30-19)20-17(12-28-32-20)29-23(34)18-15(26)2-1-3-16(18)27/h1-7,12H,8-11H2,(H,28,32)(H,29,34)(H,30,31). The summed E-state index contributed by atoms with van der Waals surface area (Å²) >= 11 is 0. The number of H-pyrrole nitrogens is 2. The molecule has 0 radical (unpaired) electrons. The second kappa shape index (κ2) is 9.66. The number of aromatic amines is 2. The molecular formula is C24H19F3N6O3. The highest BCUT2D eigenvalue weighted by molar-refractivity contribution is 6.06. The number of hydrogen-bond acceptors (Lipinski definition) is 5. The number of nitrogens with zero attached hydrogens (tertiary/aromatic N) is 3. The number of nitrogens with one attached hydrogen (secondary N) is 3. The minimum Gasteiger partial charge on any atom is -0.378 e. The van der Waals surface area contributed by atoms with Crippen molar-refractivity contribution in [2.75, 3.05) is 31.6 Å². The van der Waals surface area contributed by atoms with E-state index in [0.717, 1.165) is 18.2 Å². The fraction of sp³-hybridized carbons (Fsp3) is 0.167. The van der Waals surface area contributed by atoms with Crippen LogP contribution in [0.4, 0.5) is 18.9 Å². The van der Waals surface area contributed by atoms with Crippen molar-refractivity contribution < 1.29 is 27.5 Å². The molecule has 1 aliphatic heterocycles. The summed E-state index contributed by atoms with van der Waals surface area (Å²) in [6.07, 6.45) is 1.25. The molecule has 1 aliphatic rings. The lowest BCUT2D eigenvalue weighted by Gasteiger charge is -2.26. The topological polar surface area (TPSA) is 116 Å². The first-order valence-corrected chi connectivity index (χ1v) is 10.9. The number of anilines is 1. The molecule has 36 heavy (non-hydrogen) atoms. The smallest absolute Gasteiger partial charge is 0.272 e. The molecule has 0 aliphatic carbocycles. The molecule has 9 nitrogen and oxygen atoms in total. The van der Waals surface area contributed by atoms with E-state index in [-0.39, 0.29) is 34.5 Å². The third-order valence-electron chi connectivity index (χ3n) is 5.65. The molecule has 0 bridgehead atoms. The molecule has 2 amide bonds. The maximum absolute atomic E-state index is 14.1. The van der Waals surface area contributed by atoms with Gasteiger partial charge in [0, 0.05) is 18.7 Å². The van der Waals surface area contributed by atoms with Gasteiger partial charge in [-0.25, -0.2) is 18.2 Å². The summed E-state index contributed by atoms with van der Waals surface area (Å²) in [6, 6.07) is 8.56. The zero-order valence-electron chi connectivity index (χ0n) is 18.6. The summed E-state index contributed by atoms with van der Waals surface area (Å²) in [6.45, 7) is 1.55. The van der Waals surface area contributed by atoms with E-state index >= 15 is 0 Å². The van der Waals surface area contributed by atoms with E-state index in [4.69, 9.17) is 4.74 Å². The van der Waals surface area contributed by atoms with Crippen LogP contribution in [0.25, 0.3) is 22.8 Å². The minimum absolute atomic E-state index is 0.0763. The van der Waals surface area contributed by atoms with E-state index in [0.29, 0.717) is 31.9 Å². The van der Waals surface area contributed by atoms with Crippen molar-refractivity contribution in [2.24, 2.45) is 0 Å². The lowest BCUT2D eigenvalue weighted by molar-refractivity contribution is 0.0300. The van der Waals surface area contributed by atoms with Crippen molar-refractivity contribution in [1.82, 2.24) is 25.1 Å². The van der Waals surface area contributed by atoms with Crippen molar-refractivity contribution in [3.8, 4) is 22.8 Å². The van der Waals surface area contributed by atoms with Gasteiger partial charge >= 0.3 is 0 Å². The quantitative estimate of drug-likeness (QED) is 0.391. The number of aromatic nitrogens is 4. The third kappa shape index (κ3) is 4.45. The number of carbonyl (C=O) groups excluding carboxylic acids is 2. The number of imidazole rings is 1. The molecule has 5 rings (SSSR count). The summed E-state index contributed by atoms with van der Waals surface area (Å²) in [5, 5.41) is 9.00. The molecule has 0 unspecified atom stereocenters. The Morgan fingerprint density at radius 3 is 2.39 bits per heavy atom. The molecular weight excluding hydrogens is 477 g/mol. The fourth-order valence-electron chi connectivity index (χ4n) is 3.85. The summed E-state index contributed by atoms with van der Waals surface area (Å²) < 4.78 is 47.0. The molecule has 12 heteroatoms. The summed E-state index contributed by atoms with van der Waals surface area (Å²) in [7, 11) is 0. The number of benzene rings is 2. The number of halogens is 3. The van der Waals surface area contributed by atoms with E-state index in [2.05, 4.69) is 25.5 Å². The van der Waals surface area contributed by atoms with Gasteiger partial charge in [0.15, 0.2) is 5.82 Å². The van der Waals surface area contributed by atoms with Crippen LogP contribution in [-0.2, 0) is 4.74 Å². The molecule has 4 aromatic rings. The van der Waals surface area contributed by atoms with E-state index in [1.54, 1.807) is 4.90 Å². The normalized spacial score (nSPS) is 13.6. The van der Waals surface area contributed by atoms with E-state index in [1.807, 2.05) is 0 Å². The molecule has 0 spiro atoms. The Bertz CT molecular complexity index is 1410. The van der Waals surface area contributed by atoms with Crippen molar-refractivity contribution in [3.63, 3.8) is 0 Å². The summed E-state index contributed by atoms with van der Waals surface area (Å²) in [5.74, 6) is -3.72. The monoisotopic (exact) mass is 496 g/mol. The number of hydrogen-bond donors (Lipinski definition) is 3. The maximum atomic E-state index is 14.1. The zero-order valence-corrected chi connectivity index (χ0v) is 18.6. The lowest BCUT2D eigenvalue weighted by atomic mass is 10.1. The van der Waals surface area contributed by atoms with Gasteiger partial charge < -0.3 is 19.9 Å². The molecule has 1 fully saturated rings. The Labute approximate surface area is 202 Å². The second-order valence-electron chi connectivity index (χ2n) is 7.93. The summed E-state index contributed by atoms with van der Waals surface area (Å²) in [5.41, 5.74) is 0.379. The van der Waals surface area contributed by atoms with Crippen molar-refractivity contribution >= 4 is 17.5 Å². The van der Waals surface area contributed by atoms with Crippen LogP contribution in [0, 0.1) is 17.5 Å². The van der Waals surface area contributed by atoms with Crippen LogP contribution in [0.1, 0.15) is 20.8 Å². The molecule has 3 heterocycles. The Morgan fingerprint density at radius 1 is 1.00 bits per heavy atom. The molecule has 3 N–H and O–H groups in total. The Hall–Kier alpha value is -4.45.